The molecule has 0 unspecified atom stereocenters. The first kappa shape index (κ1) is 27.6. The molecule has 0 saturated carbocycles. The van der Waals surface area contributed by atoms with Gasteiger partial charge in [0.05, 0.1) is 0 Å². The smallest absolute Gasteiger partial charge is 0.108 e. The largest absolute Gasteiger partial charge is 0.718 e. The fourth-order valence-corrected chi connectivity index (χ4v) is 3.19. The van der Waals surface area contributed by atoms with Gasteiger partial charge in [0.15, 0.2) is 0 Å². The van der Waals surface area contributed by atoms with E-state index in [1.54, 1.807) is 0 Å². The summed E-state index contributed by atoms with van der Waals surface area (Å²) in [6.07, 6.45) is 13.6. The predicted octanol–water partition coefficient (Wildman–Crippen LogP) is 7.89. The molecule has 2 rings (SSSR count). The molecule has 0 amide bonds. The van der Waals surface area contributed by atoms with Crippen LogP contribution in [-0.2, 0) is 17.1 Å². The van der Waals surface area contributed by atoms with Crippen LogP contribution in [0.4, 0.5) is 0 Å². The van der Waals surface area contributed by atoms with Crippen molar-refractivity contribution in [3.05, 3.63) is 59.7 Å². The van der Waals surface area contributed by atoms with Crippen LogP contribution in [0.1, 0.15) is 112 Å². The Labute approximate surface area is 188 Å². The molecule has 0 aliphatic heterocycles. The molecule has 2 aromatic rings. The van der Waals surface area contributed by atoms with Gasteiger partial charge in [-0.1, -0.05) is 77.2 Å². The van der Waals surface area contributed by atoms with E-state index in [0.717, 1.165) is 24.0 Å². The minimum atomic E-state index is 0. The molecule has 0 bridgehead atoms. The van der Waals surface area contributed by atoms with E-state index in [-0.39, 0.29) is 17.1 Å². The average Bonchev–Trinajstić information content (AvgIpc) is 3.42. The number of unbranched alkanes of at least 4 members (excludes halogenated alkanes) is 8. The number of Topliss-reactive ketones (excluding diaryl/α,β-unsaturated/α-hetero) is 2. The summed E-state index contributed by atoms with van der Waals surface area (Å²) in [5, 5.41) is 0. The number of carbonyl (C=O) groups excluding carboxylic acids is 2. The third-order valence-electron chi connectivity index (χ3n) is 4.98. The first-order chi connectivity index (χ1) is 13.7. The summed E-state index contributed by atoms with van der Waals surface area (Å²) in [6.45, 7) is 4.41. The summed E-state index contributed by atoms with van der Waals surface area (Å²) in [5.74, 6) is 0.595. The summed E-state index contributed by atoms with van der Waals surface area (Å²) < 4.78 is 0. The standard InChI is InChI=1S/2C13H19O.Fe/c2*1-2-3-4-5-6-11-13(14)12-9-7-8-10-12;/h2*7-10H,2-6,11H2,1H3;/q-5;-1;. The van der Waals surface area contributed by atoms with E-state index in [1.807, 2.05) is 48.5 Å². The fraction of sp³-hybridized carbons (Fsp3) is 0.538. The van der Waals surface area contributed by atoms with Gasteiger partial charge in [-0.25, -0.2) is 12.1 Å². The van der Waals surface area contributed by atoms with E-state index in [1.165, 1.54) is 51.4 Å². The number of carbonyl (C=O) groups is 2. The van der Waals surface area contributed by atoms with E-state index in [0.29, 0.717) is 24.4 Å². The van der Waals surface area contributed by atoms with Crippen molar-refractivity contribution >= 4 is 11.6 Å². The van der Waals surface area contributed by atoms with Crippen molar-refractivity contribution in [1.82, 2.24) is 0 Å². The maximum absolute atomic E-state index is 11.5. The molecule has 29 heavy (non-hydrogen) atoms. The van der Waals surface area contributed by atoms with Gasteiger partial charge in [0, 0.05) is 17.1 Å². The Balaban J connectivity index is 0.000000523. The third kappa shape index (κ3) is 13.4. The second kappa shape index (κ2) is 18.6. The topological polar surface area (TPSA) is 34.1 Å². The van der Waals surface area contributed by atoms with E-state index >= 15 is 0 Å². The Morgan fingerprint density at radius 1 is 0.690 bits per heavy atom. The van der Waals surface area contributed by atoms with Crippen LogP contribution in [0.5, 0.6) is 0 Å². The van der Waals surface area contributed by atoms with Crippen LogP contribution < -0.4 is 0 Å². The maximum atomic E-state index is 11.5. The summed E-state index contributed by atoms with van der Waals surface area (Å²) >= 11 is 0. The molecule has 0 aliphatic rings. The van der Waals surface area contributed by atoms with Gasteiger partial charge in [-0.3, -0.25) is 5.78 Å². The molecule has 0 heterocycles. The molecule has 0 aliphatic carbocycles. The van der Waals surface area contributed by atoms with Crippen molar-refractivity contribution in [3.8, 4) is 0 Å². The summed E-state index contributed by atoms with van der Waals surface area (Å²) in [4.78, 5) is 23.1. The summed E-state index contributed by atoms with van der Waals surface area (Å²) in [5.41, 5.74) is 1.75. The monoisotopic (exact) mass is 438 g/mol. The molecule has 168 valence electrons. The Hall–Kier alpha value is -1.44. The van der Waals surface area contributed by atoms with Crippen molar-refractivity contribution in [3.63, 3.8) is 0 Å². The quantitative estimate of drug-likeness (QED) is 0.130. The molecule has 0 atom stereocenters. The first-order valence-corrected chi connectivity index (χ1v) is 11.2. The van der Waals surface area contributed by atoms with Crippen LogP contribution in [0, 0.1) is 0 Å². The Kier molecular flexibility index (Phi) is 17.7. The van der Waals surface area contributed by atoms with E-state index in [9.17, 15) is 9.59 Å². The summed E-state index contributed by atoms with van der Waals surface area (Å²) in [6, 6.07) is 15.3. The minimum absolute atomic E-state index is 0. The number of ketones is 2. The second-order valence-corrected chi connectivity index (χ2v) is 7.52. The normalized spacial score (nSPS) is 10.0. The maximum Gasteiger partial charge on any atom is 0.108 e. The molecule has 2 nitrogen and oxygen atoms in total. The van der Waals surface area contributed by atoms with Crippen molar-refractivity contribution in [2.45, 2.75) is 90.9 Å². The van der Waals surface area contributed by atoms with E-state index in [4.69, 9.17) is 0 Å². The zero-order chi connectivity index (χ0) is 20.5. The molecule has 3 heteroatoms. The van der Waals surface area contributed by atoms with E-state index in [2.05, 4.69) is 13.8 Å². The van der Waals surface area contributed by atoms with Gasteiger partial charge >= 0.3 is 0 Å². The van der Waals surface area contributed by atoms with Crippen molar-refractivity contribution in [1.29, 1.82) is 0 Å². The van der Waals surface area contributed by atoms with Crippen LogP contribution >= 0.6 is 0 Å². The molecule has 2 aromatic carbocycles. The predicted molar refractivity (Wildman–Crippen MR) is 119 cm³/mol. The van der Waals surface area contributed by atoms with Gasteiger partial charge in [-0.2, -0.15) is 12.1 Å². The molecular formula is C26H38FeO2-6. The van der Waals surface area contributed by atoms with Crippen LogP contribution in [-0.4, -0.2) is 11.6 Å². The Morgan fingerprint density at radius 2 is 1.14 bits per heavy atom. The van der Waals surface area contributed by atoms with Crippen LogP contribution in [0.2, 0.25) is 0 Å². The van der Waals surface area contributed by atoms with Crippen molar-refractivity contribution in [2.24, 2.45) is 0 Å². The van der Waals surface area contributed by atoms with Gasteiger partial charge < -0.3 is 39.4 Å². The summed E-state index contributed by atoms with van der Waals surface area (Å²) in [7, 11) is 0. The van der Waals surface area contributed by atoms with Gasteiger partial charge in [-0.15, -0.1) is 6.42 Å². The van der Waals surface area contributed by atoms with Crippen LogP contribution in [0.25, 0.3) is 0 Å². The second-order valence-electron chi connectivity index (χ2n) is 7.52. The first-order valence-electron chi connectivity index (χ1n) is 11.2. The Morgan fingerprint density at radius 3 is 1.62 bits per heavy atom. The van der Waals surface area contributed by atoms with Crippen molar-refractivity contribution < 1.29 is 26.7 Å². The van der Waals surface area contributed by atoms with Gasteiger partial charge in [0.2, 0.25) is 0 Å². The molecule has 0 aromatic heterocycles. The molecular weight excluding hydrogens is 400 g/mol. The fourth-order valence-electron chi connectivity index (χ4n) is 3.19. The van der Waals surface area contributed by atoms with Crippen LogP contribution in [0.3, 0.4) is 0 Å². The van der Waals surface area contributed by atoms with Gasteiger partial charge in [0.1, 0.15) is 5.78 Å². The van der Waals surface area contributed by atoms with E-state index < -0.39 is 0 Å². The van der Waals surface area contributed by atoms with Crippen LogP contribution in [0.15, 0.2) is 48.5 Å². The molecule has 0 radical (unpaired) electrons. The average molecular weight is 438 g/mol. The number of rotatable bonds is 14. The van der Waals surface area contributed by atoms with Gasteiger partial charge in [-0.05, 0) is 12.8 Å². The third-order valence-corrected chi connectivity index (χ3v) is 4.98. The Bertz CT molecular complexity index is 555. The van der Waals surface area contributed by atoms with Crippen molar-refractivity contribution in [2.75, 3.05) is 0 Å². The molecule has 0 N–H and O–H groups in total. The molecule has 0 saturated heterocycles. The number of hydrogen-bond acceptors (Lipinski definition) is 2. The zero-order valence-electron chi connectivity index (χ0n) is 18.3. The van der Waals surface area contributed by atoms with Gasteiger partial charge in [0.25, 0.3) is 0 Å². The minimum Gasteiger partial charge on any atom is -0.718 e. The number of hydrogen-bond donors (Lipinski definition) is 0. The zero-order valence-corrected chi connectivity index (χ0v) is 19.4. The SMILES string of the molecule is CCCCCCCC(=O)[c-]1[cH-][cH-][cH-][cH-]1.CCCCCCCC(=O)[c-]1cccc1.[Fe]. The molecule has 0 spiro atoms. The molecule has 0 fully saturated rings.